The van der Waals surface area contributed by atoms with Crippen molar-refractivity contribution in [1.29, 1.82) is 0 Å². The van der Waals surface area contributed by atoms with Crippen molar-refractivity contribution in [2.45, 2.75) is 136 Å². The van der Waals surface area contributed by atoms with Gasteiger partial charge in [-0.05, 0) is 86.3 Å². The van der Waals surface area contributed by atoms with E-state index in [9.17, 15) is 24.3 Å². The highest BCUT2D eigenvalue weighted by molar-refractivity contribution is 8.47. The minimum Gasteiger partial charge on any atom is -0.481 e. The number of carbonyl (C=O) groups is 4. The number of carbonyl (C=O) groups excluding carboxylic acids is 3. The first-order chi connectivity index (χ1) is 27.3. The maximum Gasteiger partial charge on any atom is 0.309 e. The summed E-state index contributed by atoms with van der Waals surface area (Å²) in [6.45, 7) is 9.80. The van der Waals surface area contributed by atoms with Crippen molar-refractivity contribution in [2.75, 3.05) is 11.5 Å². The molecule has 0 fully saturated rings. The fourth-order valence-corrected chi connectivity index (χ4v) is 10.2. The summed E-state index contributed by atoms with van der Waals surface area (Å²) in [5.41, 5.74) is 2.32. The minimum absolute atomic E-state index is 0.0209. The molecule has 9 heteroatoms. The van der Waals surface area contributed by atoms with E-state index in [1.807, 2.05) is 56.3 Å². The number of unbranched alkanes of at least 4 members (excludes halogenated alkanes) is 9. The molecule has 308 valence electrons. The Kier molecular flexibility index (Phi) is 19.0. The van der Waals surface area contributed by atoms with E-state index in [4.69, 9.17) is 12.2 Å². The normalized spacial score (nSPS) is 14.5. The number of amides is 2. The summed E-state index contributed by atoms with van der Waals surface area (Å²) >= 11 is 9.32. The molecule has 2 amide bonds. The molecule has 1 heterocycles. The molecular formula is C48H63NO5S3. The number of carboxylic acid groups (broad SMARTS) is 1. The largest absolute Gasteiger partial charge is 0.481 e. The van der Waals surface area contributed by atoms with E-state index in [1.165, 1.54) is 57.8 Å². The quantitative estimate of drug-likeness (QED) is 0.0391. The predicted octanol–water partition coefficient (Wildman–Crippen LogP) is 13.0. The van der Waals surface area contributed by atoms with E-state index < -0.39 is 29.2 Å². The van der Waals surface area contributed by atoms with Gasteiger partial charge >= 0.3 is 5.97 Å². The lowest BCUT2D eigenvalue weighted by molar-refractivity contribution is -0.147. The molecule has 0 bridgehead atoms. The number of nitrogens with zero attached hydrogens (tertiary/aromatic N) is 1. The standard InChI is InChI=1S/C48H63NO5S3/c1-6-7-8-9-10-11-12-13-14-20-29-56-47(55)57-33-39(31-38(32-48(4,5)46(53)54)35-21-16-15-17-22-35)36-25-27-37(28-26-36)43(50)42(30-34(2)3)49-44(51)40-23-18-19-24-41(40)45(49)52/h15-19,21-28,34,38-39,42H,6-14,20,29-33H2,1-5H3,(H,53,54)/t38?,39?,42-/m0/s1. The summed E-state index contributed by atoms with van der Waals surface area (Å²) in [5, 5.41) is 10.1. The second kappa shape index (κ2) is 23.4. The maximum atomic E-state index is 14.2. The number of fused-ring (bicyclic) bond motifs is 1. The van der Waals surface area contributed by atoms with Gasteiger partial charge in [-0.3, -0.25) is 24.1 Å². The molecule has 4 rings (SSSR count). The second-order valence-electron chi connectivity index (χ2n) is 16.7. The molecule has 2 unspecified atom stereocenters. The Bertz CT molecular complexity index is 1740. The molecule has 0 saturated heterocycles. The van der Waals surface area contributed by atoms with Crippen LogP contribution in [0.25, 0.3) is 0 Å². The average Bonchev–Trinajstić information content (AvgIpc) is 3.45. The smallest absolute Gasteiger partial charge is 0.309 e. The number of thioether (sulfide) groups is 2. The summed E-state index contributed by atoms with van der Waals surface area (Å²) in [6.07, 6.45) is 14.5. The van der Waals surface area contributed by atoms with Gasteiger partial charge in [-0.1, -0.05) is 158 Å². The van der Waals surface area contributed by atoms with Crippen LogP contribution >= 0.6 is 35.7 Å². The summed E-state index contributed by atoms with van der Waals surface area (Å²) < 4.78 is 0.919. The third-order valence-electron chi connectivity index (χ3n) is 11.1. The Morgan fingerprint density at radius 1 is 0.702 bits per heavy atom. The Hall–Kier alpha value is -3.27. The van der Waals surface area contributed by atoms with Crippen molar-refractivity contribution in [2.24, 2.45) is 11.3 Å². The Morgan fingerprint density at radius 2 is 1.23 bits per heavy atom. The molecule has 0 spiro atoms. The number of hydrogen-bond acceptors (Lipinski definition) is 7. The van der Waals surface area contributed by atoms with Crippen LogP contribution in [-0.4, -0.2) is 54.6 Å². The van der Waals surface area contributed by atoms with Gasteiger partial charge in [0.15, 0.2) is 5.78 Å². The lowest BCUT2D eigenvalue weighted by Gasteiger charge is -2.30. The highest BCUT2D eigenvalue weighted by atomic mass is 32.2. The fraction of sp³-hybridized carbons (Fsp3) is 0.521. The van der Waals surface area contributed by atoms with Gasteiger partial charge in [0.2, 0.25) is 0 Å². The number of hydrogen-bond donors (Lipinski definition) is 1. The SMILES string of the molecule is CCCCCCCCCCCCSC(=S)SCC(CC(CC(C)(C)C(=O)O)c1ccccc1)c1ccc(C(=O)[C@H](CC(C)C)N2C(=O)c3ccccc3C2=O)cc1. The van der Waals surface area contributed by atoms with Gasteiger partial charge in [0.1, 0.15) is 9.57 Å². The first-order valence-corrected chi connectivity index (χ1v) is 23.4. The van der Waals surface area contributed by atoms with E-state index in [1.54, 1.807) is 61.6 Å². The summed E-state index contributed by atoms with van der Waals surface area (Å²) in [4.78, 5) is 54.6. The first-order valence-electron chi connectivity index (χ1n) is 21.0. The number of thiocarbonyl (C=S) groups is 1. The molecule has 3 aromatic carbocycles. The zero-order chi connectivity index (χ0) is 41.4. The van der Waals surface area contributed by atoms with Gasteiger partial charge in [-0.2, -0.15) is 0 Å². The van der Waals surface area contributed by atoms with Crippen LogP contribution in [-0.2, 0) is 4.79 Å². The number of Topliss-reactive ketones (excluding diaryl/α,β-unsaturated/α-hetero) is 1. The lowest BCUT2D eigenvalue weighted by Crippen LogP contribution is -2.45. The third kappa shape index (κ3) is 13.9. The first kappa shape index (κ1) is 46.4. The number of rotatable bonds is 25. The highest BCUT2D eigenvalue weighted by Crippen LogP contribution is 2.41. The molecule has 1 aliphatic rings. The van der Waals surface area contributed by atoms with Crippen molar-refractivity contribution >= 4 is 62.8 Å². The van der Waals surface area contributed by atoms with E-state index in [2.05, 4.69) is 19.1 Å². The van der Waals surface area contributed by atoms with Gasteiger partial charge in [-0.15, -0.1) is 23.5 Å². The topological polar surface area (TPSA) is 91.8 Å². The lowest BCUT2D eigenvalue weighted by atomic mass is 9.75. The van der Waals surface area contributed by atoms with E-state index in [0.717, 1.165) is 37.5 Å². The van der Waals surface area contributed by atoms with Crippen LogP contribution in [0.15, 0.2) is 78.9 Å². The van der Waals surface area contributed by atoms with Gasteiger partial charge in [0, 0.05) is 11.3 Å². The van der Waals surface area contributed by atoms with Crippen molar-refractivity contribution in [1.82, 2.24) is 4.90 Å². The van der Waals surface area contributed by atoms with Crippen LogP contribution in [0.5, 0.6) is 0 Å². The number of aliphatic carboxylic acids is 1. The van der Waals surface area contributed by atoms with Gasteiger partial charge in [0.05, 0.1) is 16.5 Å². The predicted molar refractivity (Wildman–Crippen MR) is 243 cm³/mol. The summed E-state index contributed by atoms with van der Waals surface area (Å²) in [5.74, 6) is -0.147. The molecule has 0 radical (unpaired) electrons. The van der Waals surface area contributed by atoms with E-state index in [-0.39, 0.29) is 23.5 Å². The molecular weight excluding hydrogens is 767 g/mol. The van der Waals surface area contributed by atoms with Gasteiger partial charge in [0.25, 0.3) is 11.8 Å². The van der Waals surface area contributed by atoms with Crippen LogP contribution in [0.3, 0.4) is 0 Å². The Labute approximate surface area is 355 Å². The molecule has 0 aromatic heterocycles. The zero-order valence-corrected chi connectivity index (χ0v) is 37.1. The highest BCUT2D eigenvalue weighted by Gasteiger charge is 2.43. The second-order valence-corrected chi connectivity index (χ2v) is 20.0. The number of carboxylic acids is 1. The Balaban J connectivity index is 1.49. The van der Waals surface area contributed by atoms with Crippen LogP contribution in [0.2, 0.25) is 0 Å². The van der Waals surface area contributed by atoms with Crippen molar-refractivity contribution in [3.05, 3.63) is 107 Å². The van der Waals surface area contributed by atoms with Crippen LogP contribution in [0, 0.1) is 11.3 Å². The molecule has 6 nitrogen and oxygen atoms in total. The number of benzene rings is 3. The van der Waals surface area contributed by atoms with Gasteiger partial charge < -0.3 is 5.11 Å². The fourth-order valence-electron chi connectivity index (χ4n) is 7.74. The van der Waals surface area contributed by atoms with Crippen LogP contribution in [0.1, 0.15) is 172 Å². The van der Waals surface area contributed by atoms with Crippen molar-refractivity contribution in [3.63, 3.8) is 0 Å². The Morgan fingerprint density at radius 3 is 1.77 bits per heavy atom. The molecule has 1 aliphatic heterocycles. The van der Waals surface area contributed by atoms with E-state index in [0.29, 0.717) is 36.0 Å². The van der Waals surface area contributed by atoms with E-state index >= 15 is 0 Å². The third-order valence-corrected chi connectivity index (χ3v) is 14.0. The number of imide groups is 1. The van der Waals surface area contributed by atoms with Gasteiger partial charge in [-0.25, -0.2) is 0 Å². The molecule has 3 atom stereocenters. The number of ketones is 1. The molecule has 3 aromatic rings. The maximum absolute atomic E-state index is 14.2. The minimum atomic E-state index is -0.926. The molecule has 1 N–H and O–H groups in total. The van der Waals surface area contributed by atoms with Crippen LogP contribution in [0.4, 0.5) is 0 Å². The summed E-state index contributed by atoms with van der Waals surface area (Å²) in [7, 11) is 0. The molecule has 57 heavy (non-hydrogen) atoms. The van der Waals surface area contributed by atoms with Crippen molar-refractivity contribution < 1.29 is 24.3 Å². The summed E-state index contributed by atoms with van der Waals surface area (Å²) in [6, 6.07) is 23.6. The molecule has 0 aliphatic carbocycles. The molecule has 0 saturated carbocycles. The van der Waals surface area contributed by atoms with Crippen molar-refractivity contribution in [3.8, 4) is 0 Å². The average molecular weight is 830 g/mol. The zero-order valence-electron chi connectivity index (χ0n) is 34.7. The monoisotopic (exact) mass is 829 g/mol. The van der Waals surface area contributed by atoms with Crippen LogP contribution < -0.4 is 0 Å².